The van der Waals surface area contributed by atoms with Gasteiger partial charge in [-0.05, 0) is 68.9 Å². The maximum absolute atomic E-state index is 15.2. The van der Waals surface area contributed by atoms with Crippen LogP contribution >= 0.6 is 7.60 Å². The van der Waals surface area contributed by atoms with Crippen molar-refractivity contribution in [3.63, 3.8) is 0 Å². The van der Waals surface area contributed by atoms with E-state index in [4.69, 9.17) is 14.5 Å². The van der Waals surface area contributed by atoms with Crippen LogP contribution in [0.5, 0.6) is 5.75 Å². The summed E-state index contributed by atoms with van der Waals surface area (Å²) in [5, 5.41) is 0. The lowest BCUT2D eigenvalue weighted by Crippen LogP contribution is -2.15. The molecule has 1 aliphatic rings. The molecule has 0 spiro atoms. The molecule has 1 saturated carbocycles. The summed E-state index contributed by atoms with van der Waals surface area (Å²) in [7, 11) is -3.82. The van der Waals surface area contributed by atoms with Crippen molar-refractivity contribution in [1.29, 1.82) is 0 Å². The number of unbranched alkanes of at least 4 members (excludes halogenated alkanes) is 10. The lowest BCUT2D eigenvalue weighted by atomic mass is 9.76. The van der Waals surface area contributed by atoms with E-state index in [1.54, 1.807) is 0 Å². The molecule has 1 aromatic rings. The van der Waals surface area contributed by atoms with Crippen molar-refractivity contribution in [1.82, 2.24) is 0 Å². The Bertz CT molecular complexity index is 755. The molecule has 0 heterocycles. The molecule has 0 radical (unpaired) electrons. The van der Waals surface area contributed by atoms with Crippen LogP contribution in [0.3, 0.4) is 0 Å². The van der Waals surface area contributed by atoms with Gasteiger partial charge >= 0.3 is 7.60 Å². The van der Waals surface area contributed by atoms with E-state index in [1.807, 2.05) is 19.1 Å². The van der Waals surface area contributed by atoms with Crippen molar-refractivity contribution >= 4 is 7.60 Å². The Morgan fingerprint density at radius 2 is 1.49 bits per heavy atom. The lowest BCUT2D eigenvalue weighted by molar-refractivity contribution is 0.293. The smallest absolute Gasteiger partial charge is 0.325 e. The Hall–Kier alpha value is -0.900. The summed E-state index contributed by atoms with van der Waals surface area (Å²) in [5.74, 6) is 1.83. The van der Waals surface area contributed by atoms with Crippen molar-refractivity contribution in [3.8, 4) is 5.75 Å². The Kier molecular flexibility index (Phi) is 14.5. The fraction of sp³-hybridized carbons (Fsp3) is 0.793. The third-order valence-electron chi connectivity index (χ3n) is 7.72. The highest BCUT2D eigenvalue weighted by molar-refractivity contribution is 7.51. The van der Waals surface area contributed by atoms with Gasteiger partial charge in [0.05, 0.1) is 6.61 Å². The summed E-state index contributed by atoms with van der Waals surface area (Å²) < 4.78 is 31.9. The second-order valence-electron chi connectivity index (χ2n) is 10.7. The number of ether oxygens (including phenoxy) is 1. The fourth-order valence-electron chi connectivity index (χ4n) is 5.44. The summed E-state index contributed by atoms with van der Waals surface area (Å²) in [6, 6.07) is 3.95. The Morgan fingerprint density at radius 1 is 0.886 bits per heavy atom. The monoisotopic (exact) mass is 512 g/mol. The van der Waals surface area contributed by atoms with Crippen molar-refractivity contribution < 1.29 is 23.5 Å². The maximum atomic E-state index is 15.2. The van der Waals surface area contributed by atoms with E-state index in [2.05, 4.69) is 6.92 Å². The molecule has 6 heteroatoms. The second-order valence-corrected chi connectivity index (χ2v) is 12.5. The van der Waals surface area contributed by atoms with Crippen LogP contribution in [0.25, 0.3) is 0 Å². The van der Waals surface area contributed by atoms with Crippen molar-refractivity contribution in [2.75, 3.05) is 12.8 Å². The zero-order valence-corrected chi connectivity index (χ0v) is 23.2. The van der Waals surface area contributed by atoms with E-state index in [0.29, 0.717) is 30.3 Å². The SMILES string of the molecule is CCCCCC1CCC(c2ccc(OCCCCCCCCCCCP(=O)(O)O)c(C)c2F)CC1. The summed E-state index contributed by atoms with van der Waals surface area (Å²) in [5.41, 5.74) is 1.55. The van der Waals surface area contributed by atoms with Gasteiger partial charge in [0, 0.05) is 11.7 Å². The molecule has 202 valence electrons. The topological polar surface area (TPSA) is 66.8 Å². The maximum Gasteiger partial charge on any atom is 0.325 e. The average Bonchev–Trinajstić information content (AvgIpc) is 2.82. The fourth-order valence-corrected chi connectivity index (χ4v) is 6.08. The molecule has 1 aromatic carbocycles. The normalized spacial score (nSPS) is 18.7. The molecule has 4 nitrogen and oxygen atoms in total. The molecule has 2 N–H and O–H groups in total. The van der Waals surface area contributed by atoms with Crippen molar-refractivity contribution in [3.05, 3.63) is 29.1 Å². The zero-order chi connectivity index (χ0) is 25.5. The van der Waals surface area contributed by atoms with Crippen LogP contribution in [0.15, 0.2) is 12.1 Å². The van der Waals surface area contributed by atoms with Crippen LogP contribution in [0.4, 0.5) is 4.39 Å². The summed E-state index contributed by atoms with van der Waals surface area (Å²) in [4.78, 5) is 17.7. The molecule has 0 unspecified atom stereocenters. The zero-order valence-electron chi connectivity index (χ0n) is 22.3. The van der Waals surface area contributed by atoms with Crippen LogP contribution < -0.4 is 4.74 Å². The number of rotatable bonds is 18. The highest BCUT2D eigenvalue weighted by atomic mass is 31.2. The van der Waals surface area contributed by atoms with Gasteiger partial charge in [-0.1, -0.05) is 83.6 Å². The predicted octanol–water partition coefficient (Wildman–Crippen LogP) is 9.06. The molecular weight excluding hydrogens is 462 g/mol. The van der Waals surface area contributed by atoms with Gasteiger partial charge in [-0.2, -0.15) is 0 Å². The molecule has 1 fully saturated rings. The Labute approximate surface area is 213 Å². The number of hydrogen-bond donors (Lipinski definition) is 2. The minimum Gasteiger partial charge on any atom is -0.493 e. The van der Waals surface area contributed by atoms with Gasteiger partial charge in [0.25, 0.3) is 0 Å². The van der Waals surface area contributed by atoms with Crippen LogP contribution in [0, 0.1) is 18.7 Å². The molecule has 2 rings (SSSR count). The highest BCUT2D eigenvalue weighted by Gasteiger charge is 2.25. The van der Waals surface area contributed by atoms with E-state index in [-0.39, 0.29) is 12.0 Å². The first-order valence-corrected chi connectivity index (χ1v) is 16.1. The number of benzene rings is 1. The summed E-state index contributed by atoms with van der Waals surface area (Å²) >= 11 is 0. The highest BCUT2D eigenvalue weighted by Crippen LogP contribution is 2.40. The van der Waals surface area contributed by atoms with Crippen LogP contribution in [0.2, 0.25) is 0 Å². The third-order valence-corrected chi connectivity index (χ3v) is 8.62. The molecule has 0 amide bonds. The first-order chi connectivity index (χ1) is 16.8. The molecule has 0 aromatic heterocycles. The van der Waals surface area contributed by atoms with Crippen molar-refractivity contribution in [2.45, 2.75) is 129 Å². The summed E-state index contributed by atoms with van der Waals surface area (Å²) in [6.07, 6.45) is 19.3. The predicted molar refractivity (Wildman–Crippen MR) is 144 cm³/mol. The first kappa shape index (κ1) is 30.3. The van der Waals surface area contributed by atoms with Gasteiger partial charge < -0.3 is 14.5 Å². The molecule has 0 aliphatic heterocycles. The molecule has 0 saturated heterocycles. The minimum absolute atomic E-state index is 0.0132. The third kappa shape index (κ3) is 12.3. The number of hydrogen-bond acceptors (Lipinski definition) is 2. The van der Waals surface area contributed by atoms with Gasteiger partial charge in [0.15, 0.2) is 0 Å². The lowest BCUT2D eigenvalue weighted by Gasteiger charge is -2.29. The van der Waals surface area contributed by atoms with Gasteiger partial charge in [-0.25, -0.2) is 4.39 Å². The quantitative estimate of drug-likeness (QED) is 0.152. The van der Waals surface area contributed by atoms with Gasteiger partial charge in [-0.3, -0.25) is 4.57 Å². The average molecular weight is 513 g/mol. The van der Waals surface area contributed by atoms with E-state index < -0.39 is 7.60 Å². The Balaban J connectivity index is 1.58. The molecule has 1 aliphatic carbocycles. The van der Waals surface area contributed by atoms with E-state index in [0.717, 1.165) is 56.4 Å². The molecule has 0 bridgehead atoms. The van der Waals surface area contributed by atoms with Crippen LogP contribution in [-0.2, 0) is 4.57 Å². The number of halogens is 1. The van der Waals surface area contributed by atoms with E-state index in [1.165, 1.54) is 57.8 Å². The van der Waals surface area contributed by atoms with Crippen LogP contribution in [0.1, 0.15) is 133 Å². The van der Waals surface area contributed by atoms with E-state index >= 15 is 4.39 Å². The van der Waals surface area contributed by atoms with Gasteiger partial charge in [0.2, 0.25) is 0 Å². The Morgan fingerprint density at radius 3 is 2.09 bits per heavy atom. The van der Waals surface area contributed by atoms with Gasteiger partial charge in [0.1, 0.15) is 11.6 Å². The van der Waals surface area contributed by atoms with Crippen molar-refractivity contribution in [2.24, 2.45) is 5.92 Å². The van der Waals surface area contributed by atoms with Crippen LogP contribution in [-0.4, -0.2) is 22.6 Å². The minimum atomic E-state index is -3.82. The largest absolute Gasteiger partial charge is 0.493 e. The van der Waals surface area contributed by atoms with E-state index in [9.17, 15) is 4.57 Å². The second kappa shape index (κ2) is 16.8. The first-order valence-electron chi connectivity index (χ1n) is 14.3. The molecule has 0 atom stereocenters. The summed E-state index contributed by atoms with van der Waals surface area (Å²) in [6.45, 7) is 4.74. The van der Waals surface area contributed by atoms with Gasteiger partial charge in [-0.15, -0.1) is 0 Å². The standard InChI is InChI=1S/C29H50FO4P/c1-3-4-12-15-25-16-18-26(19-17-25)27-20-21-28(24(2)29(27)30)34-22-13-10-8-6-5-7-9-11-14-23-35(31,32)33/h20-21,25-26H,3-19,22-23H2,1-2H3,(H2,31,32,33). The molecular formula is C29H50FO4P. The molecule has 35 heavy (non-hydrogen) atoms.